The number of amides is 5. The molecule has 1 unspecified atom stereocenters. The van der Waals surface area contributed by atoms with Crippen molar-refractivity contribution in [3.05, 3.63) is 24.4 Å². The van der Waals surface area contributed by atoms with Crippen molar-refractivity contribution in [1.82, 2.24) is 25.8 Å². The monoisotopic (exact) mass is 644 g/mol. The van der Waals surface area contributed by atoms with Crippen molar-refractivity contribution in [2.24, 2.45) is 17.1 Å². The van der Waals surface area contributed by atoms with Crippen LogP contribution < -0.4 is 21.7 Å². The van der Waals surface area contributed by atoms with Crippen LogP contribution in [0.2, 0.25) is 0 Å². The molecule has 5 N–H and O–H groups in total. The third-order valence-electron chi connectivity index (χ3n) is 8.98. The number of aromatic nitrogens is 1. The van der Waals surface area contributed by atoms with Crippen molar-refractivity contribution in [3.8, 4) is 0 Å². The Hall–Kier alpha value is -3.15. The second kappa shape index (κ2) is 16.4. The van der Waals surface area contributed by atoms with Gasteiger partial charge in [0.2, 0.25) is 17.6 Å². The van der Waals surface area contributed by atoms with Crippen LogP contribution in [0.1, 0.15) is 98.8 Å². The van der Waals surface area contributed by atoms with Crippen LogP contribution in [-0.4, -0.2) is 75.4 Å². The van der Waals surface area contributed by atoms with E-state index in [1.165, 1.54) is 4.90 Å². The smallest absolute Gasteiger partial charge is 0.315 e. The molecule has 3 atom stereocenters. The summed E-state index contributed by atoms with van der Waals surface area (Å²) in [5, 5.41) is 9.79. The molecule has 45 heavy (non-hydrogen) atoms. The first kappa shape index (κ1) is 36.3. The minimum absolute atomic E-state index is 0.241. The van der Waals surface area contributed by atoms with Gasteiger partial charge in [-0.2, -0.15) is 0 Å². The van der Waals surface area contributed by atoms with E-state index in [0.29, 0.717) is 18.6 Å². The van der Waals surface area contributed by atoms with Crippen molar-refractivity contribution < 1.29 is 24.0 Å². The fourth-order valence-corrected chi connectivity index (χ4v) is 7.13. The molecule has 250 valence electrons. The lowest BCUT2D eigenvalue weighted by atomic mass is 9.80. The van der Waals surface area contributed by atoms with Crippen LogP contribution in [0.15, 0.2) is 29.4 Å². The lowest BCUT2D eigenvalue weighted by molar-refractivity contribution is -0.144. The molecule has 0 aromatic carbocycles. The molecule has 5 amide bonds. The Labute approximate surface area is 272 Å². The summed E-state index contributed by atoms with van der Waals surface area (Å²) in [7, 11) is 0. The summed E-state index contributed by atoms with van der Waals surface area (Å²) in [6, 6.07) is 2.44. The molecule has 0 radical (unpaired) electrons. The van der Waals surface area contributed by atoms with Gasteiger partial charge < -0.3 is 26.6 Å². The van der Waals surface area contributed by atoms with E-state index in [1.54, 1.807) is 24.9 Å². The molecular formula is C33H52N6O5S. The minimum atomic E-state index is -1.09. The van der Waals surface area contributed by atoms with Crippen molar-refractivity contribution in [1.29, 1.82) is 0 Å². The average Bonchev–Trinajstić information content (AvgIpc) is 2.98. The average molecular weight is 645 g/mol. The van der Waals surface area contributed by atoms with Gasteiger partial charge in [0.1, 0.15) is 12.1 Å². The van der Waals surface area contributed by atoms with Gasteiger partial charge in [-0.3, -0.25) is 19.2 Å². The first-order valence-corrected chi connectivity index (χ1v) is 17.3. The summed E-state index contributed by atoms with van der Waals surface area (Å²) in [6.07, 6.45) is 10.4. The van der Waals surface area contributed by atoms with E-state index in [0.717, 1.165) is 56.4 Å². The van der Waals surface area contributed by atoms with Crippen LogP contribution >= 0.6 is 11.8 Å². The Bertz CT molecular complexity index is 1180. The maximum Gasteiger partial charge on any atom is 0.315 e. The second-order valence-corrected chi connectivity index (χ2v) is 14.7. The van der Waals surface area contributed by atoms with Crippen LogP contribution in [0, 0.1) is 11.3 Å². The highest BCUT2D eigenvalue weighted by Gasteiger charge is 2.41. The van der Waals surface area contributed by atoms with E-state index in [4.69, 9.17) is 5.73 Å². The van der Waals surface area contributed by atoms with E-state index in [2.05, 4.69) is 20.9 Å². The molecule has 1 heterocycles. The first-order valence-electron chi connectivity index (χ1n) is 16.3. The number of Topliss-reactive ketones (excluding diaryl/α,β-unsaturated/α-hetero) is 1. The Balaban J connectivity index is 1.74. The highest BCUT2D eigenvalue weighted by Crippen LogP contribution is 2.34. The molecule has 0 bridgehead atoms. The molecule has 2 aliphatic rings. The number of nitrogens with one attached hydrogen (secondary N) is 3. The number of carbonyl (C=O) groups excluding carboxylic acids is 5. The second-order valence-electron chi connectivity index (χ2n) is 13.7. The van der Waals surface area contributed by atoms with Gasteiger partial charge in [-0.15, -0.1) is 11.8 Å². The fourth-order valence-electron chi connectivity index (χ4n) is 6.04. The Morgan fingerprint density at radius 3 is 2.29 bits per heavy atom. The van der Waals surface area contributed by atoms with Crippen molar-refractivity contribution >= 4 is 41.3 Å². The number of ketones is 1. The van der Waals surface area contributed by atoms with E-state index in [-0.39, 0.29) is 18.4 Å². The third kappa shape index (κ3) is 10.4. The fraction of sp³-hybridized carbons (Fsp3) is 0.697. The molecule has 3 rings (SSSR count). The summed E-state index contributed by atoms with van der Waals surface area (Å²) in [5.74, 6) is -1.95. The molecule has 1 aromatic heterocycles. The van der Waals surface area contributed by atoms with Crippen LogP contribution in [-0.2, 0) is 19.2 Å². The van der Waals surface area contributed by atoms with Crippen molar-refractivity contribution in [3.63, 3.8) is 0 Å². The topological polar surface area (TPSA) is 164 Å². The van der Waals surface area contributed by atoms with Crippen LogP contribution in [0.25, 0.3) is 0 Å². The van der Waals surface area contributed by atoms with E-state index in [1.807, 2.05) is 45.9 Å². The van der Waals surface area contributed by atoms with E-state index >= 15 is 0 Å². The molecule has 0 saturated heterocycles. The van der Waals surface area contributed by atoms with Gasteiger partial charge in [0.05, 0.1) is 16.6 Å². The van der Waals surface area contributed by atoms with Gasteiger partial charge in [-0.25, -0.2) is 9.78 Å². The van der Waals surface area contributed by atoms with E-state index in [9.17, 15) is 24.0 Å². The molecule has 0 aliphatic heterocycles. The number of carbonyl (C=O) groups is 5. The van der Waals surface area contributed by atoms with Gasteiger partial charge in [0.25, 0.3) is 5.91 Å². The minimum Gasteiger partial charge on any atom is -0.363 e. The predicted octanol–water partition coefficient (Wildman–Crippen LogP) is 3.95. The molecule has 12 heteroatoms. The summed E-state index contributed by atoms with van der Waals surface area (Å²) in [6.45, 7) is 9.39. The quantitative estimate of drug-likeness (QED) is 0.166. The van der Waals surface area contributed by atoms with Gasteiger partial charge in [0.15, 0.2) is 0 Å². The zero-order valence-corrected chi connectivity index (χ0v) is 28.3. The number of hydrogen-bond acceptors (Lipinski definition) is 7. The number of urea groups is 1. The number of nitrogens with zero attached hydrogens (tertiary/aromatic N) is 2. The number of thioether (sulfide) groups is 1. The van der Waals surface area contributed by atoms with Crippen LogP contribution in [0.3, 0.4) is 0 Å². The van der Waals surface area contributed by atoms with Gasteiger partial charge in [-0.05, 0) is 56.1 Å². The molecule has 2 fully saturated rings. The van der Waals surface area contributed by atoms with Crippen LogP contribution in [0.5, 0.6) is 0 Å². The maximum absolute atomic E-state index is 14.2. The molecular weight excluding hydrogens is 592 g/mol. The Morgan fingerprint density at radius 2 is 1.76 bits per heavy atom. The zero-order valence-electron chi connectivity index (χ0n) is 27.5. The van der Waals surface area contributed by atoms with Gasteiger partial charge in [0, 0.05) is 18.5 Å². The maximum atomic E-state index is 14.2. The lowest BCUT2D eigenvalue weighted by Gasteiger charge is -2.40. The highest BCUT2D eigenvalue weighted by atomic mass is 32.2. The SMILES string of the molecule is CCCN(C(=O)[C@@H](NC(=O)NC1(CSc2ccccn2)CCCCC1)C(C)(C)C)[C@@H](C)C(=O)NC(CC1CCC1)C(=O)C(N)=O. The summed E-state index contributed by atoms with van der Waals surface area (Å²) in [5.41, 5.74) is 4.17. The largest absolute Gasteiger partial charge is 0.363 e. The Morgan fingerprint density at radius 1 is 1.07 bits per heavy atom. The number of rotatable bonds is 15. The van der Waals surface area contributed by atoms with Gasteiger partial charge in [-0.1, -0.05) is 72.3 Å². The highest BCUT2D eigenvalue weighted by molar-refractivity contribution is 7.99. The Kier molecular flexibility index (Phi) is 13.3. The molecule has 11 nitrogen and oxygen atoms in total. The van der Waals surface area contributed by atoms with Gasteiger partial charge >= 0.3 is 6.03 Å². The van der Waals surface area contributed by atoms with Crippen molar-refractivity contribution in [2.75, 3.05) is 12.3 Å². The molecule has 2 saturated carbocycles. The number of nitrogens with two attached hydrogens (primary N) is 1. The van der Waals surface area contributed by atoms with Crippen molar-refractivity contribution in [2.45, 2.75) is 128 Å². The number of primary amides is 1. The summed E-state index contributed by atoms with van der Waals surface area (Å²) >= 11 is 1.61. The summed E-state index contributed by atoms with van der Waals surface area (Å²) in [4.78, 5) is 71.4. The number of pyridine rings is 1. The summed E-state index contributed by atoms with van der Waals surface area (Å²) < 4.78 is 0. The lowest BCUT2D eigenvalue weighted by Crippen LogP contribution is -2.63. The zero-order chi connectivity index (χ0) is 33.2. The molecule has 0 spiro atoms. The standard InChI is InChI=1S/C33H52N6O5S/c1-6-19-39(22(2)29(42)36-24(26(40)28(34)41)20-23-13-12-14-23)30(43)27(32(3,4)5)37-31(44)38-33(16-9-7-10-17-33)21-45-25-15-8-11-18-35-25/h8,11,15,18,22-24,27H,6-7,9-10,12-14,16-17,19-21H2,1-5H3,(H2,34,41)(H,36,42)(H2,37,38,44)/t22-,24?,27+/m0/s1. The van der Waals surface area contributed by atoms with E-state index < -0.39 is 52.7 Å². The predicted molar refractivity (Wildman–Crippen MR) is 175 cm³/mol. The molecule has 1 aromatic rings. The third-order valence-corrected chi connectivity index (χ3v) is 10.2. The van der Waals surface area contributed by atoms with Crippen LogP contribution in [0.4, 0.5) is 4.79 Å². The first-order chi connectivity index (χ1) is 21.3. The number of hydrogen-bond donors (Lipinski definition) is 4. The normalized spacial score (nSPS) is 18.4. The molecule has 2 aliphatic carbocycles.